The van der Waals surface area contributed by atoms with Gasteiger partial charge >= 0.3 is 0 Å². The van der Waals surface area contributed by atoms with Gasteiger partial charge in [-0.15, -0.1) is 0 Å². The molecule has 0 spiro atoms. The van der Waals surface area contributed by atoms with E-state index < -0.39 is 0 Å². The molecular weight excluding hydrogens is 216 g/mol. The highest BCUT2D eigenvalue weighted by Gasteiger charge is 2.10. The highest BCUT2D eigenvalue weighted by Crippen LogP contribution is 2.27. The van der Waals surface area contributed by atoms with Crippen LogP contribution in [0.25, 0.3) is 0 Å². The van der Waals surface area contributed by atoms with Gasteiger partial charge in [-0.2, -0.15) is 0 Å². The standard InChI is InChI=1S/C18H22/c1-4-14(2)17-11-8-12-18(13-17)15(3)16-9-6-5-7-10-16/h5-15H,4H2,1-3H3. The highest BCUT2D eigenvalue weighted by molar-refractivity contribution is 5.35. The summed E-state index contributed by atoms with van der Waals surface area (Å²) < 4.78 is 0. The molecule has 2 aromatic carbocycles. The van der Waals surface area contributed by atoms with Crippen molar-refractivity contribution in [2.75, 3.05) is 0 Å². The molecule has 0 amide bonds. The molecule has 0 saturated carbocycles. The third-order valence-corrected chi connectivity index (χ3v) is 3.89. The smallest absolute Gasteiger partial charge is 0.00611 e. The Labute approximate surface area is 111 Å². The lowest BCUT2D eigenvalue weighted by atomic mass is 9.89. The van der Waals surface area contributed by atoms with Gasteiger partial charge in [-0.3, -0.25) is 0 Å². The zero-order chi connectivity index (χ0) is 13.0. The fourth-order valence-electron chi connectivity index (χ4n) is 2.30. The first-order chi connectivity index (χ1) is 8.72. The second-order valence-corrected chi connectivity index (χ2v) is 5.11. The molecule has 0 saturated heterocycles. The molecule has 2 aromatic rings. The van der Waals surface area contributed by atoms with Gasteiger partial charge < -0.3 is 0 Å². The molecule has 0 nitrogen and oxygen atoms in total. The van der Waals surface area contributed by atoms with Crippen LogP contribution in [0.5, 0.6) is 0 Å². The van der Waals surface area contributed by atoms with Crippen LogP contribution in [0.15, 0.2) is 54.6 Å². The Morgan fingerprint density at radius 2 is 1.39 bits per heavy atom. The molecule has 0 aliphatic carbocycles. The molecule has 0 aliphatic rings. The second-order valence-electron chi connectivity index (χ2n) is 5.11. The van der Waals surface area contributed by atoms with E-state index in [1.807, 2.05) is 0 Å². The molecule has 2 rings (SSSR count). The summed E-state index contributed by atoms with van der Waals surface area (Å²) in [7, 11) is 0. The number of benzene rings is 2. The average Bonchev–Trinajstić information content (AvgIpc) is 2.46. The Kier molecular flexibility index (Phi) is 4.19. The van der Waals surface area contributed by atoms with Crippen LogP contribution in [-0.2, 0) is 0 Å². The minimum absolute atomic E-state index is 0.468. The van der Waals surface area contributed by atoms with E-state index in [0.717, 1.165) is 0 Å². The molecule has 0 radical (unpaired) electrons. The summed E-state index contributed by atoms with van der Waals surface area (Å²) in [5.41, 5.74) is 4.26. The first-order valence-corrected chi connectivity index (χ1v) is 6.87. The Bertz CT molecular complexity index is 484. The van der Waals surface area contributed by atoms with Crippen LogP contribution in [0.2, 0.25) is 0 Å². The monoisotopic (exact) mass is 238 g/mol. The van der Waals surface area contributed by atoms with Crippen molar-refractivity contribution in [3.05, 3.63) is 71.3 Å². The predicted octanol–water partition coefficient (Wildman–Crippen LogP) is 5.35. The minimum Gasteiger partial charge on any atom is -0.0648 e. The Morgan fingerprint density at radius 3 is 2.06 bits per heavy atom. The zero-order valence-electron chi connectivity index (χ0n) is 11.6. The molecule has 0 heterocycles. The van der Waals surface area contributed by atoms with Gasteiger partial charge in [0.2, 0.25) is 0 Å². The van der Waals surface area contributed by atoms with Crippen LogP contribution < -0.4 is 0 Å². The fourth-order valence-corrected chi connectivity index (χ4v) is 2.30. The van der Waals surface area contributed by atoms with Gasteiger partial charge in [0.25, 0.3) is 0 Å². The van der Waals surface area contributed by atoms with Crippen molar-refractivity contribution in [1.29, 1.82) is 0 Å². The van der Waals surface area contributed by atoms with Crippen LogP contribution in [0, 0.1) is 0 Å². The highest BCUT2D eigenvalue weighted by atomic mass is 14.1. The van der Waals surface area contributed by atoms with Crippen LogP contribution in [0.3, 0.4) is 0 Å². The van der Waals surface area contributed by atoms with E-state index >= 15 is 0 Å². The van der Waals surface area contributed by atoms with E-state index in [1.54, 1.807) is 0 Å². The van der Waals surface area contributed by atoms with Gasteiger partial charge in [0.05, 0.1) is 0 Å². The summed E-state index contributed by atoms with van der Waals surface area (Å²) >= 11 is 0. The summed E-state index contributed by atoms with van der Waals surface area (Å²) in [5.74, 6) is 1.11. The SMILES string of the molecule is CCC(C)c1cccc(C(C)c2ccccc2)c1. The third kappa shape index (κ3) is 2.81. The molecule has 0 heteroatoms. The number of hydrogen-bond acceptors (Lipinski definition) is 0. The number of rotatable bonds is 4. The van der Waals surface area contributed by atoms with Gasteiger partial charge in [-0.1, -0.05) is 75.4 Å². The van der Waals surface area contributed by atoms with Gasteiger partial charge in [-0.25, -0.2) is 0 Å². The maximum Gasteiger partial charge on any atom is 0.00611 e. The largest absolute Gasteiger partial charge is 0.0648 e. The first kappa shape index (κ1) is 12.9. The van der Waals surface area contributed by atoms with Crippen molar-refractivity contribution in [3.8, 4) is 0 Å². The summed E-state index contributed by atoms with van der Waals surface area (Å²) in [6.07, 6.45) is 1.20. The van der Waals surface area contributed by atoms with Crippen molar-refractivity contribution in [1.82, 2.24) is 0 Å². The predicted molar refractivity (Wildman–Crippen MR) is 79.1 cm³/mol. The maximum atomic E-state index is 2.37. The van der Waals surface area contributed by atoms with Crippen LogP contribution in [0.4, 0.5) is 0 Å². The van der Waals surface area contributed by atoms with E-state index in [1.165, 1.54) is 23.1 Å². The minimum atomic E-state index is 0.468. The molecule has 0 aliphatic heterocycles. The quantitative estimate of drug-likeness (QED) is 0.673. The lowest BCUT2D eigenvalue weighted by molar-refractivity contribution is 0.730. The Balaban J connectivity index is 2.28. The first-order valence-electron chi connectivity index (χ1n) is 6.87. The van der Waals surface area contributed by atoms with Gasteiger partial charge in [-0.05, 0) is 29.0 Å². The van der Waals surface area contributed by atoms with E-state index in [-0.39, 0.29) is 0 Å². The average molecular weight is 238 g/mol. The molecule has 18 heavy (non-hydrogen) atoms. The molecular formula is C18H22. The van der Waals surface area contributed by atoms with Crippen molar-refractivity contribution < 1.29 is 0 Å². The molecule has 94 valence electrons. The van der Waals surface area contributed by atoms with Crippen molar-refractivity contribution >= 4 is 0 Å². The molecule has 0 aromatic heterocycles. The summed E-state index contributed by atoms with van der Waals surface area (Å²) in [6, 6.07) is 19.8. The number of hydrogen-bond donors (Lipinski definition) is 0. The molecule has 0 fully saturated rings. The molecule has 2 atom stereocenters. The third-order valence-electron chi connectivity index (χ3n) is 3.89. The summed E-state index contributed by atoms with van der Waals surface area (Å²) in [5, 5.41) is 0. The summed E-state index contributed by atoms with van der Waals surface area (Å²) in [4.78, 5) is 0. The summed E-state index contributed by atoms with van der Waals surface area (Å²) in [6.45, 7) is 6.83. The van der Waals surface area contributed by atoms with Crippen LogP contribution in [0.1, 0.15) is 55.7 Å². The second kappa shape index (κ2) is 5.86. The fraction of sp³-hybridized carbons (Fsp3) is 0.333. The van der Waals surface area contributed by atoms with Crippen molar-refractivity contribution in [3.63, 3.8) is 0 Å². The van der Waals surface area contributed by atoms with Gasteiger partial charge in [0.15, 0.2) is 0 Å². The Morgan fingerprint density at radius 1 is 0.778 bits per heavy atom. The lowest BCUT2D eigenvalue weighted by Crippen LogP contribution is -1.98. The molecule has 0 bridgehead atoms. The van der Waals surface area contributed by atoms with E-state index in [4.69, 9.17) is 0 Å². The van der Waals surface area contributed by atoms with Crippen molar-refractivity contribution in [2.24, 2.45) is 0 Å². The molecule has 0 N–H and O–H groups in total. The lowest BCUT2D eigenvalue weighted by Gasteiger charge is -2.16. The van der Waals surface area contributed by atoms with Crippen molar-refractivity contribution in [2.45, 2.75) is 39.0 Å². The normalized spacial score (nSPS) is 14.2. The van der Waals surface area contributed by atoms with Crippen LogP contribution >= 0.6 is 0 Å². The van der Waals surface area contributed by atoms with E-state index in [9.17, 15) is 0 Å². The van der Waals surface area contributed by atoms with Gasteiger partial charge in [0, 0.05) is 5.92 Å². The zero-order valence-corrected chi connectivity index (χ0v) is 11.6. The van der Waals surface area contributed by atoms with Crippen LogP contribution in [-0.4, -0.2) is 0 Å². The molecule has 2 unspecified atom stereocenters. The van der Waals surface area contributed by atoms with Gasteiger partial charge in [0.1, 0.15) is 0 Å². The maximum absolute atomic E-state index is 2.37. The Hall–Kier alpha value is -1.56. The van der Waals surface area contributed by atoms with E-state index in [2.05, 4.69) is 75.4 Å². The van der Waals surface area contributed by atoms with E-state index in [0.29, 0.717) is 11.8 Å². The topological polar surface area (TPSA) is 0 Å².